The average Bonchev–Trinajstić information content (AvgIpc) is 3.85. The number of hydrogen-bond donors (Lipinski definition) is 0. The van der Waals surface area contributed by atoms with Crippen LogP contribution in [0.15, 0.2) is 223 Å². The molecule has 0 aliphatic heterocycles. The Morgan fingerprint density at radius 1 is 0.339 bits per heavy atom. The molecule has 0 aliphatic carbocycles. The molecule has 0 radical (unpaired) electrons. The van der Waals surface area contributed by atoms with E-state index < -0.39 is 0 Å². The van der Waals surface area contributed by atoms with Gasteiger partial charge in [0.15, 0.2) is 0 Å². The normalized spacial score (nSPS) is 11.7. The van der Waals surface area contributed by atoms with E-state index in [-0.39, 0.29) is 0 Å². The minimum absolute atomic E-state index is 0.885. The van der Waals surface area contributed by atoms with E-state index in [2.05, 4.69) is 228 Å². The van der Waals surface area contributed by atoms with Crippen LogP contribution in [-0.2, 0) is 0 Å². The molecule has 2 heterocycles. The molecular weight excluding hydrogens is 717 g/mol. The predicted molar refractivity (Wildman–Crippen MR) is 249 cm³/mol. The second kappa shape index (κ2) is 13.4. The van der Waals surface area contributed by atoms with E-state index in [1.807, 2.05) is 0 Å². The van der Waals surface area contributed by atoms with Crippen LogP contribution in [0.5, 0.6) is 0 Å². The van der Waals surface area contributed by atoms with Crippen molar-refractivity contribution in [3.63, 3.8) is 0 Å². The van der Waals surface area contributed by atoms with Crippen molar-refractivity contribution in [2.75, 3.05) is 4.90 Å². The van der Waals surface area contributed by atoms with Crippen molar-refractivity contribution in [1.82, 2.24) is 4.57 Å². The maximum absolute atomic E-state index is 6.52. The zero-order chi connectivity index (χ0) is 38.9. The van der Waals surface area contributed by atoms with E-state index in [9.17, 15) is 0 Å². The first-order valence-corrected chi connectivity index (χ1v) is 20.2. The third-order valence-electron chi connectivity index (χ3n) is 12.0. The van der Waals surface area contributed by atoms with Gasteiger partial charge in [-0.15, -0.1) is 0 Å². The van der Waals surface area contributed by atoms with Gasteiger partial charge in [0.25, 0.3) is 0 Å². The maximum atomic E-state index is 6.52. The van der Waals surface area contributed by atoms with Gasteiger partial charge in [0.05, 0.1) is 16.7 Å². The van der Waals surface area contributed by atoms with Crippen molar-refractivity contribution >= 4 is 82.4 Å². The number of aromatic nitrogens is 1. The first-order chi connectivity index (χ1) is 29.2. The van der Waals surface area contributed by atoms with Gasteiger partial charge in [-0.25, -0.2) is 0 Å². The molecule has 3 heteroatoms. The second-order valence-electron chi connectivity index (χ2n) is 15.3. The molecule has 0 atom stereocenters. The van der Waals surface area contributed by atoms with Crippen LogP contribution in [0.2, 0.25) is 0 Å². The molecule has 0 bridgehead atoms. The van der Waals surface area contributed by atoms with Gasteiger partial charge < -0.3 is 13.9 Å². The van der Waals surface area contributed by atoms with Gasteiger partial charge >= 0.3 is 0 Å². The lowest BCUT2D eigenvalue weighted by Gasteiger charge is -2.27. The third-order valence-corrected chi connectivity index (χ3v) is 12.0. The summed E-state index contributed by atoms with van der Waals surface area (Å²) in [5, 5.41) is 9.44. The average molecular weight is 753 g/mol. The second-order valence-corrected chi connectivity index (χ2v) is 15.3. The van der Waals surface area contributed by atoms with Crippen molar-refractivity contribution in [3.8, 4) is 27.9 Å². The van der Waals surface area contributed by atoms with Crippen molar-refractivity contribution < 1.29 is 4.42 Å². The van der Waals surface area contributed by atoms with E-state index in [4.69, 9.17) is 4.42 Å². The lowest BCUT2D eigenvalue weighted by molar-refractivity contribution is 0.672. The molecule has 2 aromatic heterocycles. The van der Waals surface area contributed by atoms with E-state index in [0.29, 0.717) is 0 Å². The number of para-hydroxylation sites is 2. The highest BCUT2D eigenvalue weighted by Gasteiger charge is 2.19. The van der Waals surface area contributed by atoms with E-state index in [0.717, 1.165) is 44.4 Å². The van der Waals surface area contributed by atoms with Crippen LogP contribution >= 0.6 is 0 Å². The highest BCUT2D eigenvalue weighted by atomic mass is 16.3. The predicted octanol–water partition coefficient (Wildman–Crippen LogP) is 15.8. The Kier molecular flexibility index (Phi) is 7.54. The van der Waals surface area contributed by atoms with Crippen molar-refractivity contribution in [2.45, 2.75) is 0 Å². The van der Waals surface area contributed by atoms with Crippen LogP contribution in [0.1, 0.15) is 0 Å². The number of furan rings is 1. The van der Waals surface area contributed by atoms with Crippen LogP contribution in [-0.4, -0.2) is 4.57 Å². The first kappa shape index (κ1) is 33.3. The molecule has 59 heavy (non-hydrogen) atoms. The zero-order valence-corrected chi connectivity index (χ0v) is 32.1. The Hall–Kier alpha value is -7.88. The smallest absolute Gasteiger partial charge is 0.143 e. The van der Waals surface area contributed by atoms with Crippen LogP contribution in [0, 0.1) is 0 Å². The fourth-order valence-electron chi connectivity index (χ4n) is 9.13. The van der Waals surface area contributed by atoms with Crippen LogP contribution in [0.25, 0.3) is 93.2 Å². The highest BCUT2D eigenvalue weighted by Crippen LogP contribution is 2.43. The topological polar surface area (TPSA) is 21.3 Å². The maximum Gasteiger partial charge on any atom is 0.143 e. The number of rotatable bonds is 6. The largest absolute Gasteiger partial charge is 0.455 e. The lowest BCUT2D eigenvalue weighted by atomic mass is 9.98. The molecule has 0 unspecified atom stereocenters. The molecule has 276 valence electrons. The molecule has 10 aromatic carbocycles. The summed E-state index contributed by atoms with van der Waals surface area (Å²) in [5.74, 6) is 0. The van der Waals surface area contributed by atoms with Gasteiger partial charge in [-0.3, -0.25) is 0 Å². The van der Waals surface area contributed by atoms with Crippen molar-refractivity contribution in [3.05, 3.63) is 218 Å². The van der Waals surface area contributed by atoms with Crippen molar-refractivity contribution in [2.24, 2.45) is 0 Å². The molecule has 0 spiro atoms. The fourth-order valence-corrected chi connectivity index (χ4v) is 9.13. The first-order valence-electron chi connectivity index (χ1n) is 20.2. The monoisotopic (exact) mass is 752 g/mol. The Morgan fingerprint density at radius 3 is 1.73 bits per heavy atom. The summed E-state index contributed by atoms with van der Waals surface area (Å²) in [7, 11) is 0. The van der Waals surface area contributed by atoms with Gasteiger partial charge in [0.2, 0.25) is 0 Å². The van der Waals surface area contributed by atoms with Gasteiger partial charge in [0, 0.05) is 49.4 Å². The summed E-state index contributed by atoms with van der Waals surface area (Å²) in [6.07, 6.45) is 0. The molecule has 0 saturated carbocycles. The summed E-state index contributed by atoms with van der Waals surface area (Å²) in [5.41, 5.74) is 13.4. The Labute approximate surface area is 341 Å². The quantitative estimate of drug-likeness (QED) is 0.169. The number of benzene rings is 10. The van der Waals surface area contributed by atoms with Gasteiger partial charge in [0.1, 0.15) is 11.2 Å². The highest BCUT2D eigenvalue weighted by molar-refractivity contribution is 6.16. The minimum atomic E-state index is 0.885. The molecule has 0 N–H and O–H groups in total. The number of nitrogens with zero attached hydrogens (tertiary/aromatic N) is 2. The zero-order valence-electron chi connectivity index (χ0n) is 32.1. The lowest BCUT2D eigenvalue weighted by Crippen LogP contribution is -2.10. The van der Waals surface area contributed by atoms with Crippen molar-refractivity contribution in [1.29, 1.82) is 0 Å². The van der Waals surface area contributed by atoms with Gasteiger partial charge in [-0.2, -0.15) is 0 Å². The fraction of sp³-hybridized carbons (Fsp3) is 0. The summed E-state index contributed by atoms with van der Waals surface area (Å²) in [6, 6.07) is 78.7. The summed E-state index contributed by atoms with van der Waals surface area (Å²) in [4.78, 5) is 2.37. The van der Waals surface area contributed by atoms with Crippen LogP contribution in [0.4, 0.5) is 17.1 Å². The summed E-state index contributed by atoms with van der Waals surface area (Å²) >= 11 is 0. The number of anilines is 3. The molecule has 12 aromatic rings. The molecule has 3 nitrogen and oxygen atoms in total. The molecule has 0 saturated heterocycles. The molecule has 0 amide bonds. The minimum Gasteiger partial charge on any atom is -0.455 e. The third kappa shape index (κ3) is 5.44. The Bertz CT molecular complexity index is 3540. The number of hydrogen-bond acceptors (Lipinski definition) is 2. The van der Waals surface area contributed by atoms with Gasteiger partial charge in [-0.05, 0) is 106 Å². The molecule has 0 fully saturated rings. The van der Waals surface area contributed by atoms with E-state index in [1.165, 1.54) is 65.9 Å². The molecule has 0 aliphatic rings. The van der Waals surface area contributed by atoms with E-state index >= 15 is 0 Å². The standard InChI is InChI=1S/C56H36N2O/c1-2-14-43(15-3-1)58-53-19-9-8-18-48(53)50-35-42(28-33-54(50)58)39-23-21-37(22-24-39)38-25-29-44(30-26-38)57(52-20-10-13-40-11-4-6-16-46(40)52)45-31-34-55-51(36-45)49-32-27-41-12-5-7-17-47(41)56(49)59-55/h1-36H. The SMILES string of the molecule is c1ccc(-n2c3ccccc3c3cc(-c4ccc(-c5ccc(N(c6ccc7oc8c9ccccc9ccc8c7c6)c6cccc7ccccc67)cc5)cc4)ccc32)cc1. The summed E-state index contributed by atoms with van der Waals surface area (Å²) in [6.45, 7) is 0. The number of fused-ring (bicyclic) bond motifs is 9. The Balaban J connectivity index is 0.917. The van der Waals surface area contributed by atoms with Crippen LogP contribution < -0.4 is 4.90 Å². The molecular formula is C56H36N2O. The van der Waals surface area contributed by atoms with Crippen LogP contribution in [0.3, 0.4) is 0 Å². The van der Waals surface area contributed by atoms with E-state index in [1.54, 1.807) is 0 Å². The molecule has 12 rings (SSSR count). The Morgan fingerprint density at radius 2 is 0.932 bits per heavy atom. The summed E-state index contributed by atoms with van der Waals surface area (Å²) < 4.78 is 8.88. The van der Waals surface area contributed by atoms with Gasteiger partial charge in [-0.1, -0.05) is 146 Å².